The normalized spacial score (nSPS) is 13.9. The fourth-order valence-corrected chi connectivity index (χ4v) is 4.50. The van der Waals surface area contributed by atoms with Crippen molar-refractivity contribution < 1.29 is 36.7 Å². The lowest BCUT2D eigenvalue weighted by Gasteiger charge is -2.28. The molecule has 38 heavy (non-hydrogen) atoms. The second kappa shape index (κ2) is 10.3. The molecule has 0 aromatic heterocycles. The Balaban J connectivity index is 1.53. The van der Waals surface area contributed by atoms with E-state index < -0.39 is 41.0 Å². The molecule has 3 aromatic carbocycles. The number of alkyl halides is 3. The van der Waals surface area contributed by atoms with E-state index in [1.54, 1.807) is 24.3 Å². The number of rotatable bonds is 6. The van der Waals surface area contributed by atoms with Gasteiger partial charge in [0.05, 0.1) is 18.2 Å². The minimum atomic E-state index is -4.90. The number of esters is 1. The number of halogens is 4. The van der Waals surface area contributed by atoms with E-state index in [2.05, 4.69) is 5.32 Å². The molecular weight excluding hydrogens is 504 g/mol. The van der Waals surface area contributed by atoms with Gasteiger partial charge < -0.3 is 15.0 Å². The molecule has 0 unspecified atom stereocenters. The van der Waals surface area contributed by atoms with Crippen LogP contribution in [0.15, 0.2) is 60.7 Å². The lowest BCUT2D eigenvalue weighted by molar-refractivity contribution is -0.147. The van der Waals surface area contributed by atoms with Crippen molar-refractivity contribution in [1.29, 1.82) is 0 Å². The number of hydrogen-bond donors (Lipinski definition) is 1. The minimum absolute atomic E-state index is 0.148. The third kappa shape index (κ3) is 5.25. The lowest BCUT2D eigenvalue weighted by Crippen LogP contribution is -2.45. The van der Waals surface area contributed by atoms with E-state index in [0.717, 1.165) is 17.7 Å². The first-order chi connectivity index (χ1) is 17.9. The molecule has 0 aliphatic carbocycles. The first-order valence-electron chi connectivity index (χ1n) is 11.7. The third-order valence-corrected chi connectivity index (χ3v) is 6.36. The molecule has 0 saturated heterocycles. The van der Waals surface area contributed by atoms with Crippen molar-refractivity contribution in [2.45, 2.75) is 32.6 Å². The molecule has 4 rings (SSSR count). The summed E-state index contributed by atoms with van der Waals surface area (Å²) in [5, 5.41) is 2.40. The standard InChI is InChI=1S/C28H24F4N2O4/c1-15(2)24(27(37)38-3)34-14-18-5-4-17(12-22(18)26(34)36)16-6-9-20(10-7-16)33-25(35)21-11-8-19(29)13-23(21)28(30,31)32/h4-13,15,24H,14H2,1-3H3,(H,33,35)/t24-/m0/s1. The highest BCUT2D eigenvalue weighted by atomic mass is 19.4. The van der Waals surface area contributed by atoms with E-state index in [9.17, 15) is 31.9 Å². The van der Waals surface area contributed by atoms with E-state index in [0.29, 0.717) is 16.7 Å². The van der Waals surface area contributed by atoms with E-state index in [4.69, 9.17) is 4.74 Å². The Labute approximate surface area is 216 Å². The molecule has 0 saturated carbocycles. The highest BCUT2D eigenvalue weighted by Crippen LogP contribution is 2.34. The van der Waals surface area contributed by atoms with Crippen LogP contribution in [0.1, 0.15) is 45.7 Å². The average Bonchev–Trinajstić information content (AvgIpc) is 3.18. The number of anilines is 1. The Bertz CT molecular complexity index is 1400. The predicted octanol–water partition coefficient (Wildman–Crippen LogP) is 5.92. The molecule has 1 aliphatic rings. The van der Waals surface area contributed by atoms with Crippen molar-refractivity contribution in [2.24, 2.45) is 5.92 Å². The molecule has 3 aromatic rings. The van der Waals surface area contributed by atoms with Crippen LogP contribution in [0.2, 0.25) is 0 Å². The molecule has 0 spiro atoms. The van der Waals surface area contributed by atoms with Crippen molar-refractivity contribution in [3.8, 4) is 11.1 Å². The maximum atomic E-state index is 13.4. The minimum Gasteiger partial charge on any atom is -0.467 e. The maximum Gasteiger partial charge on any atom is 0.417 e. The molecule has 0 bridgehead atoms. The molecule has 198 valence electrons. The predicted molar refractivity (Wildman–Crippen MR) is 132 cm³/mol. The summed E-state index contributed by atoms with van der Waals surface area (Å²) < 4.78 is 58.0. The summed E-state index contributed by atoms with van der Waals surface area (Å²) in [5.41, 5.74) is 0.809. The number of methoxy groups -OCH3 is 1. The molecule has 0 radical (unpaired) electrons. The number of ether oxygens (including phenoxy) is 1. The third-order valence-electron chi connectivity index (χ3n) is 6.36. The van der Waals surface area contributed by atoms with Gasteiger partial charge >= 0.3 is 12.1 Å². The van der Waals surface area contributed by atoms with Gasteiger partial charge in [0, 0.05) is 17.8 Å². The van der Waals surface area contributed by atoms with Gasteiger partial charge in [-0.1, -0.05) is 38.1 Å². The number of nitrogens with one attached hydrogen (secondary N) is 1. The van der Waals surface area contributed by atoms with Crippen LogP contribution >= 0.6 is 0 Å². The second-order valence-corrected chi connectivity index (χ2v) is 9.24. The topological polar surface area (TPSA) is 75.7 Å². The van der Waals surface area contributed by atoms with Gasteiger partial charge in [-0.15, -0.1) is 0 Å². The van der Waals surface area contributed by atoms with E-state index in [1.165, 1.54) is 24.1 Å². The molecule has 1 aliphatic heterocycles. The summed E-state index contributed by atoms with van der Waals surface area (Å²) >= 11 is 0. The van der Waals surface area contributed by atoms with Gasteiger partial charge in [-0.2, -0.15) is 13.2 Å². The van der Waals surface area contributed by atoms with E-state index in [1.807, 2.05) is 19.9 Å². The molecule has 1 atom stereocenters. The number of amides is 2. The second-order valence-electron chi connectivity index (χ2n) is 9.24. The summed E-state index contributed by atoms with van der Waals surface area (Å²) in [6, 6.07) is 12.8. The summed E-state index contributed by atoms with van der Waals surface area (Å²) in [7, 11) is 1.28. The van der Waals surface area contributed by atoms with Crippen LogP contribution in [0, 0.1) is 11.7 Å². The lowest BCUT2D eigenvalue weighted by atomic mass is 10.00. The molecule has 2 amide bonds. The zero-order valence-electron chi connectivity index (χ0n) is 20.7. The number of hydrogen-bond acceptors (Lipinski definition) is 4. The van der Waals surface area contributed by atoms with Crippen LogP contribution in [0.3, 0.4) is 0 Å². The van der Waals surface area contributed by atoms with E-state index in [-0.39, 0.29) is 30.1 Å². The van der Waals surface area contributed by atoms with Crippen molar-refractivity contribution in [3.63, 3.8) is 0 Å². The zero-order valence-corrected chi connectivity index (χ0v) is 20.7. The zero-order chi connectivity index (χ0) is 27.8. The Kier molecular flexibility index (Phi) is 7.26. The van der Waals surface area contributed by atoms with Crippen LogP contribution in [0.5, 0.6) is 0 Å². The van der Waals surface area contributed by atoms with Crippen LogP contribution in [0.4, 0.5) is 23.2 Å². The number of nitrogens with zero attached hydrogens (tertiary/aromatic N) is 1. The van der Waals surface area contributed by atoms with Gasteiger partial charge in [0.1, 0.15) is 11.9 Å². The molecule has 1 heterocycles. The Morgan fingerprint density at radius 1 is 0.974 bits per heavy atom. The van der Waals surface area contributed by atoms with Crippen molar-refractivity contribution in [3.05, 3.63) is 88.7 Å². The Morgan fingerprint density at radius 3 is 2.24 bits per heavy atom. The van der Waals surface area contributed by atoms with Gasteiger partial charge in [0.2, 0.25) is 0 Å². The van der Waals surface area contributed by atoms with Crippen LogP contribution in [0.25, 0.3) is 11.1 Å². The molecular formula is C28H24F4N2O4. The van der Waals surface area contributed by atoms with Crippen molar-refractivity contribution >= 4 is 23.5 Å². The van der Waals surface area contributed by atoms with Crippen LogP contribution < -0.4 is 5.32 Å². The smallest absolute Gasteiger partial charge is 0.417 e. The number of fused-ring (bicyclic) bond motifs is 1. The number of benzene rings is 3. The van der Waals surface area contributed by atoms with Crippen LogP contribution in [-0.4, -0.2) is 35.8 Å². The SMILES string of the molecule is COC(=O)[C@H](C(C)C)N1Cc2ccc(-c3ccc(NC(=O)c4ccc(F)cc4C(F)(F)F)cc3)cc2C1=O. The van der Waals surface area contributed by atoms with E-state index >= 15 is 0 Å². The van der Waals surface area contributed by atoms with Gasteiger partial charge in [-0.3, -0.25) is 9.59 Å². The largest absolute Gasteiger partial charge is 0.467 e. The first kappa shape index (κ1) is 26.8. The fourth-order valence-electron chi connectivity index (χ4n) is 4.50. The fraction of sp³-hybridized carbons (Fsp3) is 0.250. The number of carbonyl (C=O) groups excluding carboxylic acids is 3. The van der Waals surface area contributed by atoms with Gasteiger partial charge in [-0.05, 0) is 59.0 Å². The summed E-state index contributed by atoms with van der Waals surface area (Å²) in [6.07, 6.45) is -4.90. The van der Waals surface area contributed by atoms with Gasteiger partial charge in [0.15, 0.2) is 0 Å². The highest BCUT2D eigenvalue weighted by Gasteiger charge is 2.39. The van der Waals surface area contributed by atoms with Crippen LogP contribution in [-0.2, 0) is 22.3 Å². The van der Waals surface area contributed by atoms with Gasteiger partial charge in [0.25, 0.3) is 11.8 Å². The Hall–Kier alpha value is -4.21. The summed E-state index contributed by atoms with van der Waals surface area (Å²) in [6.45, 7) is 3.95. The average molecular weight is 529 g/mol. The quantitative estimate of drug-likeness (QED) is 0.319. The molecule has 0 fully saturated rings. The Morgan fingerprint density at radius 2 is 1.63 bits per heavy atom. The molecule has 1 N–H and O–H groups in total. The van der Waals surface area contributed by atoms with Gasteiger partial charge in [-0.25, -0.2) is 9.18 Å². The summed E-state index contributed by atoms with van der Waals surface area (Å²) in [5.74, 6) is -3.04. The monoisotopic (exact) mass is 528 g/mol. The highest BCUT2D eigenvalue weighted by molar-refractivity contribution is 6.05. The van der Waals surface area contributed by atoms with Crippen molar-refractivity contribution in [1.82, 2.24) is 4.90 Å². The summed E-state index contributed by atoms with van der Waals surface area (Å²) in [4.78, 5) is 39.4. The maximum absolute atomic E-state index is 13.4. The molecule has 10 heteroatoms. The molecule has 6 nitrogen and oxygen atoms in total. The van der Waals surface area contributed by atoms with Crippen molar-refractivity contribution in [2.75, 3.05) is 12.4 Å². The number of carbonyl (C=O) groups is 3. The first-order valence-corrected chi connectivity index (χ1v) is 11.7.